The molecule has 1 aliphatic heterocycles. The topological polar surface area (TPSA) is 95.2 Å². The number of likely N-dealkylation sites (tertiary alicyclic amines) is 1. The highest BCUT2D eigenvalue weighted by Gasteiger charge is 2.20. The lowest BCUT2D eigenvalue weighted by Gasteiger charge is -2.26. The molecule has 1 aromatic rings. The summed E-state index contributed by atoms with van der Waals surface area (Å²) in [5, 5.41) is 5.99. The van der Waals surface area contributed by atoms with Crippen LogP contribution >= 0.6 is 0 Å². The molecular weight excluding hydrogens is 256 g/mol. The van der Waals surface area contributed by atoms with Gasteiger partial charge < -0.3 is 4.90 Å². The van der Waals surface area contributed by atoms with Gasteiger partial charge >= 0.3 is 0 Å². The van der Waals surface area contributed by atoms with E-state index in [1.165, 1.54) is 12.4 Å². The van der Waals surface area contributed by atoms with Crippen LogP contribution in [0.4, 0.5) is 0 Å². The van der Waals surface area contributed by atoms with Crippen LogP contribution in [-0.2, 0) is 14.8 Å². The van der Waals surface area contributed by atoms with Gasteiger partial charge in [-0.25, -0.2) is 13.1 Å². The van der Waals surface area contributed by atoms with Crippen LogP contribution in [-0.4, -0.2) is 49.1 Å². The first-order valence-electron chi connectivity index (χ1n) is 5.86. The van der Waals surface area contributed by atoms with Gasteiger partial charge in [-0.3, -0.25) is 9.89 Å². The first kappa shape index (κ1) is 13.0. The van der Waals surface area contributed by atoms with Crippen molar-refractivity contribution in [2.45, 2.75) is 24.2 Å². The zero-order chi connectivity index (χ0) is 13.0. The molecular formula is C10H16N4O3S. The molecule has 8 heteroatoms. The van der Waals surface area contributed by atoms with Crippen molar-refractivity contribution in [3.8, 4) is 0 Å². The highest BCUT2D eigenvalue weighted by molar-refractivity contribution is 7.89. The lowest BCUT2D eigenvalue weighted by Crippen LogP contribution is -2.42. The van der Waals surface area contributed by atoms with Gasteiger partial charge in [0.1, 0.15) is 4.90 Å². The fraction of sp³-hybridized carbons (Fsp3) is 0.600. The number of sulfonamides is 1. The number of H-pyrrole nitrogens is 1. The van der Waals surface area contributed by atoms with E-state index in [0.717, 1.165) is 19.3 Å². The Bertz CT molecular complexity index is 491. The molecule has 0 bridgehead atoms. The SMILES string of the molecule is O=C(CNS(=O)(=O)c1cn[nH]c1)N1CCCCC1. The number of hydrogen-bond donors (Lipinski definition) is 2. The lowest BCUT2D eigenvalue weighted by atomic mass is 10.1. The van der Waals surface area contributed by atoms with Gasteiger partial charge in [-0.2, -0.15) is 5.10 Å². The van der Waals surface area contributed by atoms with Crippen LogP contribution in [0, 0.1) is 0 Å². The Morgan fingerprint density at radius 1 is 1.39 bits per heavy atom. The number of amides is 1. The van der Waals surface area contributed by atoms with Gasteiger partial charge in [0.15, 0.2) is 0 Å². The summed E-state index contributed by atoms with van der Waals surface area (Å²) in [6.45, 7) is 1.23. The van der Waals surface area contributed by atoms with E-state index in [-0.39, 0.29) is 17.3 Å². The number of nitrogens with zero attached hydrogens (tertiary/aromatic N) is 2. The normalized spacial score (nSPS) is 16.8. The number of carbonyl (C=O) groups excluding carboxylic acids is 1. The number of carbonyl (C=O) groups is 1. The van der Waals surface area contributed by atoms with Gasteiger partial charge in [0.05, 0.1) is 12.7 Å². The third kappa shape index (κ3) is 3.08. The Morgan fingerprint density at radius 3 is 2.72 bits per heavy atom. The highest BCUT2D eigenvalue weighted by atomic mass is 32.2. The molecule has 2 N–H and O–H groups in total. The average Bonchev–Trinajstić information content (AvgIpc) is 2.92. The zero-order valence-electron chi connectivity index (χ0n) is 9.92. The Hall–Kier alpha value is -1.41. The molecule has 18 heavy (non-hydrogen) atoms. The summed E-state index contributed by atoms with van der Waals surface area (Å²) in [6, 6.07) is 0. The summed E-state index contributed by atoms with van der Waals surface area (Å²) in [5.41, 5.74) is 0. The Balaban J connectivity index is 1.89. The molecule has 1 saturated heterocycles. The Labute approximate surface area is 106 Å². The van der Waals surface area contributed by atoms with E-state index < -0.39 is 10.0 Å². The van der Waals surface area contributed by atoms with Gasteiger partial charge in [0, 0.05) is 19.3 Å². The maximum Gasteiger partial charge on any atom is 0.244 e. The third-order valence-corrected chi connectivity index (χ3v) is 4.27. The van der Waals surface area contributed by atoms with Crippen molar-refractivity contribution in [2.75, 3.05) is 19.6 Å². The predicted octanol–water partition coefficient (Wildman–Crippen LogP) is -0.300. The molecule has 0 radical (unpaired) electrons. The molecule has 7 nitrogen and oxygen atoms in total. The molecule has 2 rings (SSSR count). The molecule has 1 fully saturated rings. The molecule has 0 saturated carbocycles. The van der Waals surface area contributed by atoms with Gasteiger partial charge in [-0.1, -0.05) is 0 Å². The third-order valence-electron chi connectivity index (χ3n) is 2.91. The van der Waals surface area contributed by atoms with E-state index in [1.54, 1.807) is 4.90 Å². The van der Waals surface area contributed by atoms with Gasteiger partial charge in [-0.15, -0.1) is 0 Å². The molecule has 1 amide bonds. The summed E-state index contributed by atoms with van der Waals surface area (Å²) < 4.78 is 25.8. The van der Waals surface area contributed by atoms with Crippen molar-refractivity contribution < 1.29 is 13.2 Å². The Kier molecular flexibility index (Phi) is 3.97. The summed E-state index contributed by atoms with van der Waals surface area (Å²) in [4.78, 5) is 13.5. The van der Waals surface area contributed by atoms with Crippen molar-refractivity contribution in [1.29, 1.82) is 0 Å². The summed E-state index contributed by atoms with van der Waals surface area (Å²) in [7, 11) is -3.64. The van der Waals surface area contributed by atoms with Crippen molar-refractivity contribution in [3.05, 3.63) is 12.4 Å². The maximum absolute atomic E-state index is 11.8. The summed E-state index contributed by atoms with van der Waals surface area (Å²) in [6.07, 6.45) is 5.58. The number of rotatable bonds is 4. The van der Waals surface area contributed by atoms with Crippen LogP contribution < -0.4 is 4.72 Å². The fourth-order valence-corrected chi connectivity index (χ4v) is 2.76. The highest BCUT2D eigenvalue weighted by Crippen LogP contribution is 2.09. The second-order valence-corrected chi connectivity index (χ2v) is 5.97. The van der Waals surface area contributed by atoms with E-state index in [1.807, 2.05) is 0 Å². The maximum atomic E-state index is 11.8. The van der Waals surface area contributed by atoms with Crippen LogP contribution in [0.1, 0.15) is 19.3 Å². The first-order chi connectivity index (χ1) is 8.59. The fourth-order valence-electron chi connectivity index (χ4n) is 1.88. The minimum Gasteiger partial charge on any atom is -0.342 e. The second kappa shape index (κ2) is 5.49. The Morgan fingerprint density at radius 2 is 2.11 bits per heavy atom. The quantitative estimate of drug-likeness (QED) is 0.786. The second-order valence-electron chi connectivity index (χ2n) is 4.20. The van der Waals surface area contributed by atoms with Crippen LogP contribution in [0.2, 0.25) is 0 Å². The molecule has 1 aromatic heterocycles. The number of hydrogen-bond acceptors (Lipinski definition) is 4. The zero-order valence-corrected chi connectivity index (χ0v) is 10.7. The van der Waals surface area contributed by atoms with Crippen molar-refractivity contribution in [3.63, 3.8) is 0 Å². The largest absolute Gasteiger partial charge is 0.342 e. The minimum absolute atomic E-state index is 0.0361. The van der Waals surface area contributed by atoms with E-state index in [4.69, 9.17) is 0 Å². The van der Waals surface area contributed by atoms with Crippen LogP contribution in [0.3, 0.4) is 0 Å². The number of aromatic amines is 1. The lowest BCUT2D eigenvalue weighted by molar-refractivity contribution is -0.130. The number of aromatic nitrogens is 2. The van der Waals surface area contributed by atoms with E-state index in [2.05, 4.69) is 14.9 Å². The summed E-state index contributed by atoms with van der Waals surface area (Å²) in [5.74, 6) is -0.179. The minimum atomic E-state index is -3.64. The van der Waals surface area contributed by atoms with Crippen molar-refractivity contribution in [2.24, 2.45) is 0 Å². The molecule has 0 atom stereocenters. The average molecular weight is 272 g/mol. The van der Waals surface area contributed by atoms with Gasteiger partial charge in [0.25, 0.3) is 0 Å². The van der Waals surface area contributed by atoms with Crippen molar-refractivity contribution >= 4 is 15.9 Å². The van der Waals surface area contributed by atoms with Crippen LogP contribution in [0.15, 0.2) is 17.3 Å². The predicted molar refractivity (Wildman–Crippen MR) is 64.2 cm³/mol. The molecule has 2 heterocycles. The molecule has 100 valence electrons. The van der Waals surface area contributed by atoms with E-state index in [0.29, 0.717) is 13.1 Å². The summed E-state index contributed by atoms with van der Waals surface area (Å²) >= 11 is 0. The van der Waals surface area contributed by atoms with Crippen LogP contribution in [0.25, 0.3) is 0 Å². The molecule has 0 aliphatic carbocycles. The standard InChI is InChI=1S/C10H16N4O3S/c15-10(14-4-2-1-3-5-14)8-13-18(16,17)9-6-11-12-7-9/h6-7,13H,1-5,8H2,(H,11,12). The first-order valence-corrected chi connectivity index (χ1v) is 7.34. The molecule has 0 unspecified atom stereocenters. The molecule has 0 spiro atoms. The van der Waals surface area contributed by atoms with Gasteiger partial charge in [-0.05, 0) is 19.3 Å². The number of nitrogens with one attached hydrogen (secondary N) is 2. The number of piperidine rings is 1. The van der Waals surface area contributed by atoms with Gasteiger partial charge in [0.2, 0.25) is 15.9 Å². The molecule has 0 aromatic carbocycles. The smallest absolute Gasteiger partial charge is 0.244 e. The van der Waals surface area contributed by atoms with E-state index in [9.17, 15) is 13.2 Å². The van der Waals surface area contributed by atoms with E-state index >= 15 is 0 Å². The van der Waals surface area contributed by atoms with Crippen LogP contribution in [0.5, 0.6) is 0 Å². The monoisotopic (exact) mass is 272 g/mol. The molecule has 1 aliphatic rings. The van der Waals surface area contributed by atoms with Crippen molar-refractivity contribution in [1.82, 2.24) is 19.8 Å².